The summed E-state index contributed by atoms with van der Waals surface area (Å²) >= 11 is 0. The van der Waals surface area contributed by atoms with E-state index in [9.17, 15) is 0 Å². The van der Waals surface area contributed by atoms with E-state index in [1.165, 1.54) is 12.8 Å². The zero-order chi connectivity index (χ0) is 10.1. The molecule has 0 atom stereocenters. The van der Waals surface area contributed by atoms with Gasteiger partial charge in [-0.2, -0.15) is 5.11 Å². The van der Waals surface area contributed by atoms with Crippen LogP contribution in [0.25, 0.3) is 0 Å². The molecule has 0 aromatic carbocycles. The van der Waals surface area contributed by atoms with E-state index < -0.39 is 0 Å². The second-order valence-corrected chi connectivity index (χ2v) is 3.53. The highest BCUT2D eigenvalue weighted by atomic mass is 15.0. The SMILES string of the molecule is CCCCC/C(=C/NC(C)C)N=N. The van der Waals surface area contributed by atoms with Crippen molar-refractivity contribution in [3.63, 3.8) is 0 Å². The fourth-order valence-electron chi connectivity index (χ4n) is 0.979. The van der Waals surface area contributed by atoms with E-state index in [-0.39, 0.29) is 0 Å². The lowest BCUT2D eigenvalue weighted by molar-refractivity contribution is 0.669. The molecule has 0 aliphatic rings. The molecule has 3 nitrogen and oxygen atoms in total. The third-order valence-electron chi connectivity index (χ3n) is 1.76. The highest BCUT2D eigenvalue weighted by Crippen LogP contribution is 2.08. The minimum absolute atomic E-state index is 0.419. The van der Waals surface area contributed by atoms with Crippen molar-refractivity contribution in [1.29, 1.82) is 5.53 Å². The Bertz CT molecular complexity index is 162. The van der Waals surface area contributed by atoms with Gasteiger partial charge in [0.15, 0.2) is 0 Å². The van der Waals surface area contributed by atoms with Crippen LogP contribution in [-0.2, 0) is 0 Å². The van der Waals surface area contributed by atoms with Gasteiger partial charge < -0.3 is 5.32 Å². The summed E-state index contributed by atoms with van der Waals surface area (Å²) in [5.74, 6) is 0. The molecule has 76 valence electrons. The number of hydrogen-bond acceptors (Lipinski definition) is 3. The molecule has 0 amide bonds. The van der Waals surface area contributed by atoms with Gasteiger partial charge in [0, 0.05) is 12.2 Å². The molecular weight excluding hydrogens is 162 g/mol. The van der Waals surface area contributed by atoms with E-state index in [0.717, 1.165) is 18.5 Å². The van der Waals surface area contributed by atoms with Crippen LogP contribution in [0.2, 0.25) is 0 Å². The van der Waals surface area contributed by atoms with Crippen LogP contribution in [0.15, 0.2) is 17.0 Å². The number of allylic oxidation sites excluding steroid dienone is 1. The molecule has 3 heteroatoms. The normalized spacial score (nSPS) is 11.8. The fourth-order valence-corrected chi connectivity index (χ4v) is 0.979. The highest BCUT2D eigenvalue weighted by molar-refractivity contribution is 4.97. The molecule has 13 heavy (non-hydrogen) atoms. The van der Waals surface area contributed by atoms with Crippen molar-refractivity contribution in [3.8, 4) is 0 Å². The average Bonchev–Trinajstić information content (AvgIpc) is 2.10. The van der Waals surface area contributed by atoms with Crippen molar-refractivity contribution < 1.29 is 0 Å². The number of nitrogens with one attached hydrogen (secondary N) is 2. The van der Waals surface area contributed by atoms with Gasteiger partial charge in [0.25, 0.3) is 0 Å². The van der Waals surface area contributed by atoms with E-state index in [0.29, 0.717) is 6.04 Å². The third kappa shape index (κ3) is 7.50. The minimum Gasteiger partial charge on any atom is -0.387 e. The van der Waals surface area contributed by atoms with Gasteiger partial charge in [-0.15, -0.1) is 0 Å². The Balaban J connectivity index is 3.73. The summed E-state index contributed by atoms with van der Waals surface area (Å²) in [6.45, 7) is 6.32. The van der Waals surface area contributed by atoms with Crippen LogP contribution in [-0.4, -0.2) is 6.04 Å². The molecule has 0 rings (SSSR count). The predicted octanol–water partition coefficient (Wildman–Crippen LogP) is 3.44. The Hall–Kier alpha value is -0.860. The molecule has 0 unspecified atom stereocenters. The van der Waals surface area contributed by atoms with Gasteiger partial charge in [-0.25, -0.2) is 5.53 Å². The van der Waals surface area contributed by atoms with Crippen molar-refractivity contribution in [2.75, 3.05) is 0 Å². The zero-order valence-electron chi connectivity index (χ0n) is 8.93. The van der Waals surface area contributed by atoms with Gasteiger partial charge in [0.05, 0.1) is 5.70 Å². The van der Waals surface area contributed by atoms with E-state index in [1.54, 1.807) is 0 Å². The molecule has 0 heterocycles. The van der Waals surface area contributed by atoms with E-state index >= 15 is 0 Å². The van der Waals surface area contributed by atoms with E-state index in [4.69, 9.17) is 5.53 Å². The van der Waals surface area contributed by atoms with Crippen molar-refractivity contribution in [1.82, 2.24) is 5.32 Å². The van der Waals surface area contributed by atoms with Crippen LogP contribution >= 0.6 is 0 Å². The van der Waals surface area contributed by atoms with Crippen LogP contribution in [0.3, 0.4) is 0 Å². The van der Waals surface area contributed by atoms with Crippen LogP contribution in [0.1, 0.15) is 46.5 Å². The predicted molar refractivity (Wildman–Crippen MR) is 55.6 cm³/mol. The van der Waals surface area contributed by atoms with Gasteiger partial charge in [0.1, 0.15) is 0 Å². The molecule has 0 saturated heterocycles. The highest BCUT2D eigenvalue weighted by Gasteiger charge is 1.95. The summed E-state index contributed by atoms with van der Waals surface area (Å²) < 4.78 is 0. The first kappa shape index (κ1) is 12.1. The van der Waals surface area contributed by atoms with Gasteiger partial charge in [-0.3, -0.25) is 0 Å². The minimum atomic E-state index is 0.419. The molecule has 2 N–H and O–H groups in total. The first-order valence-corrected chi connectivity index (χ1v) is 5.03. The Labute approximate surface area is 81.1 Å². The maximum absolute atomic E-state index is 6.96. The maximum atomic E-state index is 6.96. The lowest BCUT2D eigenvalue weighted by Gasteiger charge is -2.05. The van der Waals surface area contributed by atoms with Crippen molar-refractivity contribution >= 4 is 0 Å². The smallest absolute Gasteiger partial charge is 0.0779 e. The molecular formula is C10H21N3. The average molecular weight is 183 g/mol. The quantitative estimate of drug-likeness (QED) is 0.461. The monoisotopic (exact) mass is 183 g/mol. The lowest BCUT2D eigenvalue weighted by atomic mass is 10.2. The number of rotatable bonds is 7. The first-order chi connectivity index (χ1) is 6.20. The van der Waals surface area contributed by atoms with E-state index in [1.807, 2.05) is 6.20 Å². The summed E-state index contributed by atoms with van der Waals surface area (Å²) in [6.07, 6.45) is 6.33. The number of hydrogen-bond donors (Lipinski definition) is 2. The molecule has 0 bridgehead atoms. The van der Waals surface area contributed by atoms with Crippen molar-refractivity contribution in [2.24, 2.45) is 5.11 Å². The molecule has 0 aliphatic heterocycles. The van der Waals surface area contributed by atoms with Gasteiger partial charge in [-0.05, 0) is 26.7 Å². The topological polar surface area (TPSA) is 48.2 Å². The second-order valence-electron chi connectivity index (χ2n) is 3.53. The summed E-state index contributed by atoms with van der Waals surface area (Å²) in [4.78, 5) is 0. The largest absolute Gasteiger partial charge is 0.387 e. The Kier molecular flexibility index (Phi) is 7.26. The summed E-state index contributed by atoms with van der Waals surface area (Å²) in [6, 6.07) is 0.419. The first-order valence-electron chi connectivity index (χ1n) is 5.03. The van der Waals surface area contributed by atoms with Crippen LogP contribution in [0, 0.1) is 5.53 Å². The maximum Gasteiger partial charge on any atom is 0.0779 e. The van der Waals surface area contributed by atoms with Crippen molar-refractivity contribution in [3.05, 3.63) is 11.9 Å². The summed E-state index contributed by atoms with van der Waals surface area (Å²) in [5.41, 5.74) is 7.81. The second kappa shape index (κ2) is 7.77. The fraction of sp³-hybridized carbons (Fsp3) is 0.800. The number of nitrogens with zero attached hydrogens (tertiary/aromatic N) is 1. The third-order valence-corrected chi connectivity index (χ3v) is 1.76. The van der Waals surface area contributed by atoms with E-state index in [2.05, 4.69) is 31.2 Å². The molecule has 0 radical (unpaired) electrons. The molecule has 0 aromatic heterocycles. The molecule has 0 aliphatic carbocycles. The van der Waals surface area contributed by atoms with Gasteiger partial charge in [-0.1, -0.05) is 19.8 Å². The summed E-state index contributed by atoms with van der Waals surface area (Å²) in [7, 11) is 0. The van der Waals surface area contributed by atoms with Crippen molar-refractivity contribution in [2.45, 2.75) is 52.5 Å². The van der Waals surface area contributed by atoms with Crippen LogP contribution in [0.5, 0.6) is 0 Å². The molecule has 0 saturated carbocycles. The van der Waals surface area contributed by atoms with Gasteiger partial charge in [0.2, 0.25) is 0 Å². The Morgan fingerprint density at radius 3 is 2.62 bits per heavy atom. The number of unbranched alkanes of at least 4 members (excludes halogenated alkanes) is 2. The summed E-state index contributed by atoms with van der Waals surface area (Å²) in [5, 5.41) is 6.63. The molecule has 0 aromatic rings. The van der Waals surface area contributed by atoms with Gasteiger partial charge >= 0.3 is 0 Å². The van der Waals surface area contributed by atoms with Crippen LogP contribution in [0.4, 0.5) is 0 Å². The van der Waals surface area contributed by atoms with Crippen LogP contribution < -0.4 is 5.32 Å². The molecule has 0 fully saturated rings. The lowest BCUT2D eigenvalue weighted by Crippen LogP contribution is -2.16. The Morgan fingerprint density at radius 2 is 2.15 bits per heavy atom. The zero-order valence-corrected chi connectivity index (χ0v) is 8.93. The standard InChI is InChI=1S/C10H21N3/c1-4-5-6-7-10(13-11)8-12-9(2)3/h8-9,11-12H,4-7H2,1-3H3/b10-8-,13-11?. The Morgan fingerprint density at radius 1 is 1.46 bits per heavy atom. The molecule has 0 spiro atoms.